The predicted molar refractivity (Wildman–Crippen MR) is 84.5 cm³/mol. The van der Waals surface area contributed by atoms with E-state index < -0.39 is 12.0 Å². The Hall–Kier alpha value is -2.15. The van der Waals surface area contributed by atoms with E-state index in [2.05, 4.69) is 26.3 Å². The molecule has 2 N–H and O–H groups in total. The molecule has 0 radical (unpaired) electrons. The van der Waals surface area contributed by atoms with Crippen LogP contribution in [0.3, 0.4) is 0 Å². The third-order valence-corrected chi connectivity index (χ3v) is 3.72. The fourth-order valence-corrected chi connectivity index (χ4v) is 2.44. The molecule has 6 nitrogen and oxygen atoms in total. The first-order valence-electron chi connectivity index (χ1n) is 6.65. The molecule has 0 spiro atoms. The van der Waals surface area contributed by atoms with E-state index in [-0.39, 0.29) is 12.3 Å². The van der Waals surface area contributed by atoms with Gasteiger partial charge in [-0.25, -0.2) is 0 Å². The molecule has 0 aliphatic heterocycles. The fourth-order valence-electron chi connectivity index (χ4n) is 2.18. The molecule has 1 aromatic carbocycles. The number of carbonyl (C=O) groups excluding carboxylic acids is 1. The molecule has 0 saturated heterocycles. The van der Waals surface area contributed by atoms with E-state index in [0.29, 0.717) is 5.69 Å². The number of carbonyl (C=O) groups is 2. The Balaban J connectivity index is 2.23. The van der Waals surface area contributed by atoms with Gasteiger partial charge in [0.2, 0.25) is 0 Å². The standard InChI is InChI=1S/C15H16BrN3O3/c1-9-7-13(19(2)18-9)15(22)17-12(8-14(20)21)10-3-5-11(16)6-4-10/h3-7,12H,8H2,1-2H3,(H,17,22)(H,20,21). The number of aryl methyl sites for hydroxylation is 2. The van der Waals surface area contributed by atoms with Crippen molar-refractivity contribution >= 4 is 27.8 Å². The first-order chi connectivity index (χ1) is 10.4. The predicted octanol–water partition coefficient (Wildman–Crippen LogP) is 2.44. The van der Waals surface area contributed by atoms with Crippen molar-refractivity contribution in [1.29, 1.82) is 0 Å². The molecule has 2 rings (SSSR count). The lowest BCUT2D eigenvalue weighted by Crippen LogP contribution is -2.31. The molecule has 0 aliphatic rings. The van der Waals surface area contributed by atoms with Crippen molar-refractivity contribution in [2.45, 2.75) is 19.4 Å². The number of halogens is 1. The summed E-state index contributed by atoms with van der Waals surface area (Å²) in [6.45, 7) is 1.79. The maximum Gasteiger partial charge on any atom is 0.305 e. The minimum Gasteiger partial charge on any atom is -0.481 e. The third kappa shape index (κ3) is 3.94. The number of carboxylic acids is 1. The van der Waals surface area contributed by atoms with Crippen molar-refractivity contribution in [2.24, 2.45) is 7.05 Å². The highest BCUT2D eigenvalue weighted by Gasteiger charge is 2.20. The average molecular weight is 366 g/mol. The van der Waals surface area contributed by atoms with Gasteiger partial charge in [-0.05, 0) is 30.7 Å². The molecule has 22 heavy (non-hydrogen) atoms. The smallest absolute Gasteiger partial charge is 0.305 e. The number of nitrogens with one attached hydrogen (secondary N) is 1. The van der Waals surface area contributed by atoms with Gasteiger partial charge < -0.3 is 10.4 Å². The van der Waals surface area contributed by atoms with Gasteiger partial charge in [0.15, 0.2) is 0 Å². The summed E-state index contributed by atoms with van der Waals surface area (Å²) in [5.74, 6) is -1.33. The SMILES string of the molecule is Cc1cc(C(=O)NC(CC(=O)O)c2ccc(Br)cc2)n(C)n1. The van der Waals surface area contributed by atoms with Gasteiger partial charge in [-0.1, -0.05) is 28.1 Å². The zero-order valence-electron chi connectivity index (χ0n) is 12.2. The van der Waals surface area contributed by atoms with E-state index in [0.717, 1.165) is 15.7 Å². The summed E-state index contributed by atoms with van der Waals surface area (Å²) in [5, 5.41) is 15.9. The zero-order valence-corrected chi connectivity index (χ0v) is 13.8. The lowest BCUT2D eigenvalue weighted by atomic mass is 10.0. The molecule has 0 saturated carbocycles. The van der Waals surface area contributed by atoms with Gasteiger partial charge in [-0.15, -0.1) is 0 Å². The van der Waals surface area contributed by atoms with Crippen LogP contribution in [0.2, 0.25) is 0 Å². The Labute approximate surface area is 136 Å². The Morgan fingerprint density at radius 2 is 2.00 bits per heavy atom. The number of benzene rings is 1. The molecule has 2 aromatic rings. The summed E-state index contributed by atoms with van der Waals surface area (Å²) in [5.41, 5.74) is 1.86. The van der Waals surface area contributed by atoms with Gasteiger partial charge >= 0.3 is 5.97 Å². The van der Waals surface area contributed by atoms with Gasteiger partial charge in [0.05, 0.1) is 18.2 Å². The monoisotopic (exact) mass is 365 g/mol. The van der Waals surface area contributed by atoms with Crippen molar-refractivity contribution in [1.82, 2.24) is 15.1 Å². The minimum atomic E-state index is -0.977. The first-order valence-corrected chi connectivity index (χ1v) is 7.45. The average Bonchev–Trinajstić information content (AvgIpc) is 2.77. The lowest BCUT2D eigenvalue weighted by molar-refractivity contribution is -0.137. The quantitative estimate of drug-likeness (QED) is 0.851. The molecule has 0 aliphatic carbocycles. The first kappa shape index (κ1) is 16.2. The van der Waals surface area contributed by atoms with Crippen LogP contribution in [0, 0.1) is 6.92 Å². The second kappa shape index (κ2) is 6.74. The molecule has 0 bridgehead atoms. The fraction of sp³-hybridized carbons (Fsp3) is 0.267. The molecule has 116 valence electrons. The van der Waals surface area contributed by atoms with E-state index in [1.165, 1.54) is 4.68 Å². The largest absolute Gasteiger partial charge is 0.481 e. The summed E-state index contributed by atoms with van der Waals surface area (Å²) in [6.07, 6.45) is -0.190. The van der Waals surface area contributed by atoms with Crippen LogP contribution in [0.5, 0.6) is 0 Å². The van der Waals surface area contributed by atoms with Crippen molar-refractivity contribution in [3.05, 3.63) is 51.8 Å². The zero-order chi connectivity index (χ0) is 16.3. The van der Waals surface area contributed by atoms with Gasteiger partial charge in [-0.3, -0.25) is 14.3 Å². The summed E-state index contributed by atoms with van der Waals surface area (Å²) < 4.78 is 2.36. The number of aromatic nitrogens is 2. The molecule has 1 aromatic heterocycles. The second-order valence-electron chi connectivity index (χ2n) is 4.97. The third-order valence-electron chi connectivity index (χ3n) is 3.19. The Morgan fingerprint density at radius 1 is 1.36 bits per heavy atom. The van der Waals surface area contributed by atoms with Crippen molar-refractivity contribution in [2.75, 3.05) is 0 Å². The van der Waals surface area contributed by atoms with Gasteiger partial charge in [-0.2, -0.15) is 5.10 Å². The highest BCUT2D eigenvalue weighted by Crippen LogP contribution is 2.20. The summed E-state index contributed by atoms with van der Waals surface area (Å²) in [7, 11) is 1.67. The molecule has 0 fully saturated rings. The molecular weight excluding hydrogens is 350 g/mol. The topological polar surface area (TPSA) is 84.2 Å². The van der Waals surface area contributed by atoms with Crippen LogP contribution < -0.4 is 5.32 Å². The maximum absolute atomic E-state index is 12.3. The molecular formula is C15H16BrN3O3. The highest BCUT2D eigenvalue weighted by atomic mass is 79.9. The van der Waals surface area contributed by atoms with E-state index >= 15 is 0 Å². The maximum atomic E-state index is 12.3. The van der Waals surface area contributed by atoms with Crippen LogP contribution in [-0.2, 0) is 11.8 Å². The van der Waals surface area contributed by atoms with E-state index in [4.69, 9.17) is 5.11 Å². The minimum absolute atomic E-state index is 0.190. The van der Waals surface area contributed by atoms with Crippen LogP contribution in [0.15, 0.2) is 34.8 Å². The summed E-state index contributed by atoms with van der Waals surface area (Å²) >= 11 is 3.33. The van der Waals surface area contributed by atoms with Crippen LogP contribution in [0.4, 0.5) is 0 Å². The summed E-state index contributed by atoms with van der Waals surface area (Å²) in [6, 6.07) is 8.25. The van der Waals surface area contributed by atoms with E-state index in [1.54, 1.807) is 32.2 Å². The lowest BCUT2D eigenvalue weighted by Gasteiger charge is -2.17. The Bertz CT molecular complexity index is 695. The van der Waals surface area contributed by atoms with E-state index in [1.807, 2.05) is 12.1 Å². The number of hydrogen-bond donors (Lipinski definition) is 2. The highest BCUT2D eigenvalue weighted by molar-refractivity contribution is 9.10. The Morgan fingerprint density at radius 3 is 2.50 bits per heavy atom. The number of nitrogens with zero attached hydrogens (tertiary/aromatic N) is 2. The number of rotatable bonds is 5. The van der Waals surface area contributed by atoms with Crippen LogP contribution in [0.1, 0.15) is 34.2 Å². The molecule has 7 heteroatoms. The van der Waals surface area contributed by atoms with Gasteiger partial charge in [0.25, 0.3) is 5.91 Å². The molecule has 1 atom stereocenters. The van der Waals surface area contributed by atoms with Crippen molar-refractivity contribution < 1.29 is 14.7 Å². The van der Waals surface area contributed by atoms with Crippen LogP contribution >= 0.6 is 15.9 Å². The van der Waals surface area contributed by atoms with E-state index in [9.17, 15) is 9.59 Å². The number of carboxylic acid groups (broad SMARTS) is 1. The second-order valence-corrected chi connectivity index (χ2v) is 5.89. The van der Waals surface area contributed by atoms with Crippen molar-refractivity contribution in [3.8, 4) is 0 Å². The number of hydrogen-bond acceptors (Lipinski definition) is 3. The molecule has 1 unspecified atom stereocenters. The number of aliphatic carboxylic acids is 1. The van der Waals surface area contributed by atoms with Crippen LogP contribution in [0.25, 0.3) is 0 Å². The normalized spacial score (nSPS) is 12.0. The molecule has 1 heterocycles. The van der Waals surface area contributed by atoms with Crippen molar-refractivity contribution in [3.63, 3.8) is 0 Å². The van der Waals surface area contributed by atoms with Gasteiger partial charge in [0.1, 0.15) is 5.69 Å². The van der Waals surface area contributed by atoms with Gasteiger partial charge in [0, 0.05) is 11.5 Å². The molecule has 1 amide bonds. The summed E-state index contributed by atoms with van der Waals surface area (Å²) in [4.78, 5) is 23.4. The van der Waals surface area contributed by atoms with Crippen LogP contribution in [-0.4, -0.2) is 26.8 Å². The Kier molecular flexibility index (Phi) is 4.97. The number of amides is 1.